The number of aromatic nitrogens is 2. The Balaban J connectivity index is 2.00. The van der Waals surface area contributed by atoms with Crippen LogP contribution in [0.3, 0.4) is 0 Å². The number of nitrogens with zero attached hydrogens (tertiary/aromatic N) is 2. The molecule has 7 heteroatoms. The predicted octanol–water partition coefficient (Wildman–Crippen LogP) is 1.24. The van der Waals surface area contributed by atoms with Gasteiger partial charge in [-0.15, -0.1) is 0 Å². The first-order valence-corrected chi connectivity index (χ1v) is 5.78. The highest BCUT2D eigenvalue weighted by atomic mass is 16.4. The van der Waals surface area contributed by atoms with E-state index in [-0.39, 0.29) is 17.6 Å². The molecule has 1 aromatic heterocycles. The third kappa shape index (κ3) is 2.93. The van der Waals surface area contributed by atoms with E-state index in [0.717, 1.165) is 25.7 Å². The third-order valence-corrected chi connectivity index (χ3v) is 2.82. The second-order valence-corrected chi connectivity index (χ2v) is 4.14. The fraction of sp³-hybridized carbons (Fsp3) is 0.455. The Kier molecular flexibility index (Phi) is 3.71. The van der Waals surface area contributed by atoms with E-state index >= 15 is 0 Å². The lowest BCUT2D eigenvalue weighted by Crippen LogP contribution is -2.36. The van der Waals surface area contributed by atoms with Gasteiger partial charge in [-0.25, -0.2) is 19.6 Å². The maximum Gasteiger partial charge on any atom is 0.358 e. The predicted molar refractivity (Wildman–Crippen MR) is 63.4 cm³/mol. The van der Waals surface area contributed by atoms with Gasteiger partial charge in [0.05, 0.1) is 0 Å². The Morgan fingerprint density at radius 2 is 1.89 bits per heavy atom. The number of anilines is 1. The normalized spacial score (nSPS) is 15.3. The summed E-state index contributed by atoms with van der Waals surface area (Å²) < 4.78 is 0. The molecule has 0 saturated heterocycles. The standard InChI is InChI=1S/C11H14N4O3/c16-10(17)8-9(13-6-5-12-8)15-11(18)14-7-3-1-2-4-7/h5-7H,1-4H2,(H,16,17)(H2,13,14,15,18). The van der Waals surface area contributed by atoms with Crippen molar-refractivity contribution in [1.82, 2.24) is 15.3 Å². The Morgan fingerprint density at radius 1 is 1.22 bits per heavy atom. The molecule has 18 heavy (non-hydrogen) atoms. The van der Waals surface area contributed by atoms with Crippen molar-refractivity contribution in [2.24, 2.45) is 0 Å². The average molecular weight is 250 g/mol. The van der Waals surface area contributed by atoms with Crippen LogP contribution in [-0.2, 0) is 0 Å². The van der Waals surface area contributed by atoms with E-state index in [4.69, 9.17) is 5.11 Å². The van der Waals surface area contributed by atoms with Crippen LogP contribution in [0.5, 0.6) is 0 Å². The van der Waals surface area contributed by atoms with Gasteiger partial charge in [-0.3, -0.25) is 5.32 Å². The Labute approximate surface area is 104 Å². The van der Waals surface area contributed by atoms with Crippen LogP contribution < -0.4 is 10.6 Å². The molecule has 96 valence electrons. The van der Waals surface area contributed by atoms with Gasteiger partial charge in [0.1, 0.15) is 0 Å². The fourth-order valence-electron chi connectivity index (χ4n) is 1.99. The second-order valence-electron chi connectivity index (χ2n) is 4.14. The summed E-state index contributed by atoms with van der Waals surface area (Å²) in [7, 11) is 0. The molecule has 1 saturated carbocycles. The summed E-state index contributed by atoms with van der Waals surface area (Å²) in [5.41, 5.74) is -0.265. The van der Waals surface area contributed by atoms with Crippen LogP contribution in [0.1, 0.15) is 36.2 Å². The van der Waals surface area contributed by atoms with Gasteiger partial charge in [0, 0.05) is 18.4 Å². The van der Waals surface area contributed by atoms with Crippen LogP contribution in [0, 0.1) is 0 Å². The summed E-state index contributed by atoms with van der Waals surface area (Å²) >= 11 is 0. The van der Waals surface area contributed by atoms with Gasteiger partial charge in [-0.05, 0) is 12.8 Å². The van der Waals surface area contributed by atoms with E-state index in [1.165, 1.54) is 12.4 Å². The molecule has 0 aromatic carbocycles. The zero-order chi connectivity index (χ0) is 13.0. The zero-order valence-electron chi connectivity index (χ0n) is 9.72. The molecule has 0 atom stereocenters. The molecule has 2 rings (SSSR count). The highest BCUT2D eigenvalue weighted by Gasteiger charge is 2.19. The lowest BCUT2D eigenvalue weighted by Gasteiger charge is -2.12. The number of carbonyl (C=O) groups is 2. The summed E-state index contributed by atoms with van der Waals surface area (Å²) in [6.45, 7) is 0. The number of carbonyl (C=O) groups excluding carboxylic acids is 1. The first kappa shape index (κ1) is 12.3. The molecular weight excluding hydrogens is 236 g/mol. The van der Waals surface area contributed by atoms with Gasteiger partial charge < -0.3 is 10.4 Å². The average Bonchev–Trinajstić information content (AvgIpc) is 2.82. The molecule has 2 amide bonds. The van der Waals surface area contributed by atoms with Gasteiger partial charge in [0.2, 0.25) is 0 Å². The molecule has 0 radical (unpaired) electrons. The van der Waals surface area contributed by atoms with Gasteiger partial charge in [0.25, 0.3) is 0 Å². The molecular formula is C11H14N4O3. The van der Waals surface area contributed by atoms with Crippen molar-refractivity contribution in [3.05, 3.63) is 18.1 Å². The second kappa shape index (κ2) is 5.44. The number of urea groups is 1. The molecule has 0 aliphatic heterocycles. The maximum atomic E-state index is 11.7. The number of aromatic carboxylic acids is 1. The van der Waals surface area contributed by atoms with Crippen LogP contribution >= 0.6 is 0 Å². The van der Waals surface area contributed by atoms with Crippen molar-refractivity contribution in [3.63, 3.8) is 0 Å². The highest BCUT2D eigenvalue weighted by molar-refractivity contribution is 5.97. The number of carboxylic acids is 1. The molecule has 3 N–H and O–H groups in total. The third-order valence-electron chi connectivity index (χ3n) is 2.82. The van der Waals surface area contributed by atoms with E-state index < -0.39 is 12.0 Å². The van der Waals surface area contributed by atoms with Crippen molar-refractivity contribution in [2.45, 2.75) is 31.7 Å². The molecule has 0 unspecified atom stereocenters. The Hall–Kier alpha value is -2.18. The van der Waals surface area contributed by atoms with Crippen molar-refractivity contribution < 1.29 is 14.7 Å². The molecule has 1 aliphatic carbocycles. The summed E-state index contributed by atoms with van der Waals surface area (Å²) in [5.74, 6) is -1.26. The summed E-state index contributed by atoms with van der Waals surface area (Å²) in [5, 5.41) is 14.1. The Bertz CT molecular complexity index is 457. The minimum absolute atomic E-state index is 0.0412. The number of hydrogen-bond acceptors (Lipinski definition) is 4. The van der Waals surface area contributed by atoms with E-state index in [9.17, 15) is 9.59 Å². The SMILES string of the molecule is O=C(Nc1nccnc1C(=O)O)NC1CCCC1. The van der Waals surface area contributed by atoms with E-state index in [1.807, 2.05) is 0 Å². The first-order chi connectivity index (χ1) is 8.66. The fourth-order valence-corrected chi connectivity index (χ4v) is 1.99. The lowest BCUT2D eigenvalue weighted by atomic mass is 10.2. The smallest absolute Gasteiger partial charge is 0.358 e. The Morgan fingerprint density at radius 3 is 2.56 bits per heavy atom. The van der Waals surface area contributed by atoms with Crippen molar-refractivity contribution in [2.75, 3.05) is 5.32 Å². The van der Waals surface area contributed by atoms with Crippen LogP contribution in [-0.4, -0.2) is 33.1 Å². The maximum absolute atomic E-state index is 11.7. The topological polar surface area (TPSA) is 104 Å². The molecule has 1 aliphatic rings. The van der Waals surface area contributed by atoms with Gasteiger partial charge in [-0.1, -0.05) is 12.8 Å². The molecule has 1 heterocycles. The van der Waals surface area contributed by atoms with Crippen LogP contribution in [0.15, 0.2) is 12.4 Å². The molecule has 0 spiro atoms. The van der Waals surface area contributed by atoms with Crippen molar-refractivity contribution >= 4 is 17.8 Å². The number of rotatable bonds is 3. The van der Waals surface area contributed by atoms with Gasteiger partial charge in [0.15, 0.2) is 11.5 Å². The van der Waals surface area contributed by atoms with Gasteiger partial charge in [-0.2, -0.15) is 0 Å². The molecule has 0 bridgehead atoms. The summed E-state index contributed by atoms with van der Waals surface area (Å²) in [6, 6.07) is -0.278. The monoisotopic (exact) mass is 250 g/mol. The van der Waals surface area contributed by atoms with Gasteiger partial charge >= 0.3 is 12.0 Å². The van der Waals surface area contributed by atoms with Crippen LogP contribution in [0.4, 0.5) is 10.6 Å². The van der Waals surface area contributed by atoms with Crippen molar-refractivity contribution in [1.29, 1.82) is 0 Å². The number of amides is 2. The summed E-state index contributed by atoms with van der Waals surface area (Å²) in [4.78, 5) is 30.0. The van der Waals surface area contributed by atoms with Crippen molar-refractivity contribution in [3.8, 4) is 0 Å². The zero-order valence-corrected chi connectivity index (χ0v) is 9.72. The van der Waals surface area contributed by atoms with E-state index in [0.29, 0.717) is 0 Å². The highest BCUT2D eigenvalue weighted by Crippen LogP contribution is 2.17. The van der Waals surface area contributed by atoms with Crippen LogP contribution in [0.25, 0.3) is 0 Å². The lowest BCUT2D eigenvalue weighted by molar-refractivity contribution is 0.0691. The number of carboxylic acid groups (broad SMARTS) is 1. The minimum Gasteiger partial charge on any atom is -0.476 e. The summed E-state index contributed by atoms with van der Waals surface area (Å²) in [6.07, 6.45) is 6.73. The molecule has 1 fully saturated rings. The van der Waals surface area contributed by atoms with E-state index in [2.05, 4.69) is 20.6 Å². The first-order valence-electron chi connectivity index (χ1n) is 5.78. The molecule has 1 aromatic rings. The molecule has 7 nitrogen and oxygen atoms in total. The van der Waals surface area contributed by atoms with Crippen LogP contribution in [0.2, 0.25) is 0 Å². The minimum atomic E-state index is -1.22. The quantitative estimate of drug-likeness (QED) is 0.748. The largest absolute Gasteiger partial charge is 0.476 e. The number of hydrogen-bond donors (Lipinski definition) is 3. The van der Waals surface area contributed by atoms with E-state index in [1.54, 1.807) is 0 Å². The number of nitrogens with one attached hydrogen (secondary N) is 2.